The molecule has 108 valence electrons. The maximum atomic E-state index is 4.68. The molecule has 0 radical (unpaired) electrons. The molecule has 1 atom stereocenters. The summed E-state index contributed by atoms with van der Waals surface area (Å²) in [6, 6.07) is 5.45. The second-order valence-corrected chi connectivity index (χ2v) is 6.82. The van der Waals surface area contributed by atoms with Crippen LogP contribution in [0.15, 0.2) is 23.7 Å². The van der Waals surface area contributed by atoms with E-state index in [0.29, 0.717) is 12.1 Å². The van der Waals surface area contributed by atoms with Crippen molar-refractivity contribution in [2.24, 2.45) is 0 Å². The number of nitrogens with zero attached hydrogens (tertiary/aromatic N) is 2. The molecule has 20 heavy (non-hydrogen) atoms. The number of hydrogen-bond acceptors (Lipinski definition) is 4. The summed E-state index contributed by atoms with van der Waals surface area (Å²) in [5, 5.41) is 7.07. The second kappa shape index (κ2) is 6.10. The lowest BCUT2D eigenvalue weighted by atomic mass is 10.0. The van der Waals surface area contributed by atoms with Crippen molar-refractivity contribution in [2.75, 3.05) is 18.0 Å². The monoisotopic (exact) mass is 289 g/mol. The molecule has 0 bridgehead atoms. The lowest BCUT2D eigenvalue weighted by Gasteiger charge is -2.37. The van der Waals surface area contributed by atoms with Crippen LogP contribution in [0.2, 0.25) is 0 Å². The van der Waals surface area contributed by atoms with E-state index in [1.54, 1.807) is 11.3 Å². The number of pyridine rings is 1. The summed E-state index contributed by atoms with van der Waals surface area (Å²) < 4.78 is 1.34. The van der Waals surface area contributed by atoms with E-state index in [1.807, 2.05) is 6.20 Å². The van der Waals surface area contributed by atoms with Crippen LogP contribution < -0.4 is 10.2 Å². The van der Waals surface area contributed by atoms with Crippen LogP contribution in [0, 0.1) is 0 Å². The van der Waals surface area contributed by atoms with Gasteiger partial charge >= 0.3 is 0 Å². The minimum absolute atomic E-state index is 0.545. The summed E-state index contributed by atoms with van der Waals surface area (Å²) in [6.45, 7) is 6.61. The van der Waals surface area contributed by atoms with E-state index in [-0.39, 0.29) is 0 Å². The number of fused-ring (bicyclic) bond motifs is 1. The van der Waals surface area contributed by atoms with Crippen molar-refractivity contribution in [3.63, 3.8) is 0 Å². The molecule has 4 heteroatoms. The topological polar surface area (TPSA) is 28.2 Å². The molecule has 2 aromatic heterocycles. The highest BCUT2D eigenvalue weighted by molar-refractivity contribution is 7.17. The minimum atomic E-state index is 0.545. The number of aromatic nitrogens is 1. The lowest BCUT2D eigenvalue weighted by molar-refractivity contribution is 0.419. The van der Waals surface area contributed by atoms with E-state index < -0.39 is 0 Å². The van der Waals surface area contributed by atoms with Crippen molar-refractivity contribution in [1.82, 2.24) is 10.3 Å². The Morgan fingerprint density at radius 2 is 2.30 bits per heavy atom. The molecule has 1 aliphatic rings. The predicted octanol–water partition coefficient (Wildman–Crippen LogP) is 3.65. The van der Waals surface area contributed by atoms with Crippen LogP contribution in [-0.2, 0) is 0 Å². The zero-order chi connectivity index (χ0) is 13.9. The van der Waals surface area contributed by atoms with Gasteiger partial charge in [0, 0.05) is 41.5 Å². The molecular weight excluding hydrogens is 266 g/mol. The number of anilines is 1. The third-order valence-electron chi connectivity index (χ3n) is 4.02. The molecule has 1 aliphatic heterocycles. The number of hydrogen-bond donors (Lipinski definition) is 1. The summed E-state index contributed by atoms with van der Waals surface area (Å²) >= 11 is 1.80. The van der Waals surface area contributed by atoms with E-state index >= 15 is 0 Å². The Morgan fingerprint density at radius 3 is 3.15 bits per heavy atom. The number of thiophene rings is 1. The Hall–Kier alpha value is -1.13. The molecule has 3 heterocycles. The van der Waals surface area contributed by atoms with E-state index in [9.17, 15) is 0 Å². The van der Waals surface area contributed by atoms with Crippen molar-refractivity contribution in [3.8, 4) is 0 Å². The Labute approximate surface area is 125 Å². The summed E-state index contributed by atoms with van der Waals surface area (Å²) in [5.41, 5.74) is 0. The Bertz CT molecular complexity index is 564. The summed E-state index contributed by atoms with van der Waals surface area (Å²) in [7, 11) is 0. The van der Waals surface area contributed by atoms with Crippen LogP contribution in [0.25, 0.3) is 10.1 Å². The Balaban J connectivity index is 1.87. The molecule has 0 saturated carbocycles. The first-order valence-electron chi connectivity index (χ1n) is 7.58. The van der Waals surface area contributed by atoms with Gasteiger partial charge in [-0.25, -0.2) is 4.98 Å². The molecular formula is C16H23N3S. The van der Waals surface area contributed by atoms with Gasteiger partial charge in [0.1, 0.15) is 5.82 Å². The second-order valence-electron chi connectivity index (χ2n) is 5.87. The van der Waals surface area contributed by atoms with Gasteiger partial charge in [-0.1, -0.05) is 13.8 Å². The van der Waals surface area contributed by atoms with Gasteiger partial charge in [0.25, 0.3) is 0 Å². The zero-order valence-corrected chi connectivity index (χ0v) is 13.1. The standard InChI is InChI=1S/C16H23N3S/c1-12(2)18-11-13-5-3-4-9-19(13)16-14-7-10-20-15(14)6-8-17-16/h6-8,10,12-13,18H,3-5,9,11H2,1-2H3. The molecule has 0 amide bonds. The summed E-state index contributed by atoms with van der Waals surface area (Å²) in [5.74, 6) is 1.18. The van der Waals surface area contributed by atoms with Gasteiger partial charge in [-0.3, -0.25) is 0 Å². The molecule has 0 spiro atoms. The molecule has 1 saturated heterocycles. The minimum Gasteiger partial charge on any atom is -0.352 e. The van der Waals surface area contributed by atoms with Crippen molar-refractivity contribution < 1.29 is 0 Å². The zero-order valence-electron chi connectivity index (χ0n) is 12.3. The molecule has 1 N–H and O–H groups in total. The highest BCUT2D eigenvalue weighted by Crippen LogP contribution is 2.32. The molecule has 2 aromatic rings. The fraction of sp³-hybridized carbons (Fsp3) is 0.562. The van der Waals surface area contributed by atoms with Gasteiger partial charge in [-0.15, -0.1) is 11.3 Å². The van der Waals surface area contributed by atoms with Crippen molar-refractivity contribution in [2.45, 2.75) is 45.2 Å². The highest BCUT2D eigenvalue weighted by Gasteiger charge is 2.24. The maximum Gasteiger partial charge on any atom is 0.137 e. The van der Waals surface area contributed by atoms with Gasteiger partial charge in [0.05, 0.1) is 0 Å². The van der Waals surface area contributed by atoms with Gasteiger partial charge in [0.15, 0.2) is 0 Å². The third-order valence-corrected chi connectivity index (χ3v) is 4.90. The van der Waals surface area contributed by atoms with E-state index in [2.05, 4.69) is 46.6 Å². The van der Waals surface area contributed by atoms with Crippen LogP contribution in [0.3, 0.4) is 0 Å². The quantitative estimate of drug-likeness (QED) is 0.931. The first-order valence-corrected chi connectivity index (χ1v) is 8.46. The summed E-state index contributed by atoms with van der Waals surface area (Å²) in [6.07, 6.45) is 5.83. The van der Waals surface area contributed by atoms with E-state index in [0.717, 1.165) is 13.1 Å². The summed E-state index contributed by atoms with van der Waals surface area (Å²) in [4.78, 5) is 7.21. The van der Waals surface area contributed by atoms with Crippen molar-refractivity contribution >= 4 is 27.2 Å². The van der Waals surface area contributed by atoms with Gasteiger partial charge < -0.3 is 10.2 Å². The molecule has 0 aliphatic carbocycles. The van der Waals surface area contributed by atoms with Crippen LogP contribution in [0.1, 0.15) is 33.1 Å². The largest absolute Gasteiger partial charge is 0.352 e. The van der Waals surface area contributed by atoms with Crippen LogP contribution >= 0.6 is 11.3 Å². The Morgan fingerprint density at radius 1 is 1.40 bits per heavy atom. The van der Waals surface area contributed by atoms with Gasteiger partial charge in [-0.05, 0) is 36.8 Å². The lowest BCUT2D eigenvalue weighted by Crippen LogP contribution is -2.47. The Kier molecular flexibility index (Phi) is 4.22. The normalized spacial score (nSPS) is 19.9. The number of piperidine rings is 1. The average Bonchev–Trinajstić information content (AvgIpc) is 2.93. The van der Waals surface area contributed by atoms with Crippen LogP contribution in [0.5, 0.6) is 0 Å². The van der Waals surface area contributed by atoms with Crippen molar-refractivity contribution in [1.29, 1.82) is 0 Å². The molecule has 3 rings (SSSR count). The molecule has 0 aromatic carbocycles. The SMILES string of the molecule is CC(C)NCC1CCCCN1c1nccc2sccc12. The van der Waals surface area contributed by atoms with Crippen molar-refractivity contribution in [3.05, 3.63) is 23.7 Å². The number of rotatable bonds is 4. The molecule has 3 nitrogen and oxygen atoms in total. The molecule has 1 fully saturated rings. The first kappa shape index (κ1) is 13.8. The van der Waals surface area contributed by atoms with Crippen LogP contribution in [-0.4, -0.2) is 30.2 Å². The van der Waals surface area contributed by atoms with Gasteiger partial charge in [0.2, 0.25) is 0 Å². The van der Waals surface area contributed by atoms with Crippen LogP contribution in [0.4, 0.5) is 5.82 Å². The first-order chi connectivity index (χ1) is 9.75. The number of nitrogens with one attached hydrogen (secondary N) is 1. The van der Waals surface area contributed by atoms with E-state index in [4.69, 9.17) is 0 Å². The predicted molar refractivity (Wildman–Crippen MR) is 87.7 cm³/mol. The van der Waals surface area contributed by atoms with E-state index in [1.165, 1.54) is 35.2 Å². The molecule has 1 unspecified atom stereocenters. The smallest absolute Gasteiger partial charge is 0.137 e. The van der Waals surface area contributed by atoms with Gasteiger partial charge in [-0.2, -0.15) is 0 Å². The fourth-order valence-electron chi connectivity index (χ4n) is 2.97. The average molecular weight is 289 g/mol. The highest BCUT2D eigenvalue weighted by atomic mass is 32.1. The third kappa shape index (κ3) is 2.81. The fourth-order valence-corrected chi connectivity index (χ4v) is 3.75. The maximum absolute atomic E-state index is 4.68.